The Hall–Kier alpha value is -1.47. The number of hydrogen-bond donors (Lipinski definition) is 2. The van der Waals surface area contributed by atoms with E-state index in [2.05, 4.69) is 4.72 Å². The van der Waals surface area contributed by atoms with Crippen LogP contribution in [0.15, 0.2) is 17.0 Å². The maximum atomic E-state index is 12.2. The smallest absolute Gasteiger partial charge is 0.241 e. The Morgan fingerprint density at radius 3 is 2.16 bits per heavy atom. The van der Waals surface area contributed by atoms with Crippen LogP contribution >= 0.6 is 0 Å². The highest BCUT2D eigenvalue weighted by atomic mass is 32.2. The largest absolute Gasteiger partial charge is 0.493 e. The molecule has 0 atom stereocenters. The lowest BCUT2D eigenvalue weighted by Gasteiger charge is -2.21. The molecular weight excluding hydrogens is 268 g/mol. The molecule has 0 saturated carbocycles. The summed E-state index contributed by atoms with van der Waals surface area (Å²) >= 11 is 0. The third-order valence-corrected chi connectivity index (χ3v) is 3.97. The number of anilines is 1. The molecule has 0 amide bonds. The summed E-state index contributed by atoms with van der Waals surface area (Å²) in [5, 5.41) is 0. The summed E-state index contributed by atoms with van der Waals surface area (Å²) in [6, 6.07) is 2.72. The van der Waals surface area contributed by atoms with Gasteiger partial charge in [-0.25, -0.2) is 13.1 Å². The number of sulfonamides is 1. The Bertz CT molecular complexity index is 562. The zero-order valence-corrected chi connectivity index (χ0v) is 12.6. The third-order valence-electron chi connectivity index (χ3n) is 2.23. The Labute approximate surface area is 113 Å². The lowest BCUT2D eigenvalue weighted by atomic mass is 10.1. The molecule has 0 unspecified atom stereocenters. The van der Waals surface area contributed by atoms with Gasteiger partial charge in [-0.1, -0.05) is 0 Å². The van der Waals surface area contributed by atoms with Gasteiger partial charge in [0.25, 0.3) is 0 Å². The van der Waals surface area contributed by atoms with E-state index in [9.17, 15) is 8.42 Å². The second-order valence-electron chi connectivity index (χ2n) is 5.10. The van der Waals surface area contributed by atoms with Crippen molar-refractivity contribution in [1.82, 2.24) is 4.72 Å². The molecule has 0 aromatic heterocycles. The van der Waals surface area contributed by atoms with E-state index in [0.29, 0.717) is 5.75 Å². The quantitative estimate of drug-likeness (QED) is 0.816. The summed E-state index contributed by atoms with van der Waals surface area (Å²) in [6.07, 6.45) is 0. The van der Waals surface area contributed by atoms with Crippen molar-refractivity contribution in [3.63, 3.8) is 0 Å². The summed E-state index contributed by atoms with van der Waals surface area (Å²) in [5.41, 5.74) is 5.39. The van der Waals surface area contributed by atoms with E-state index in [1.807, 2.05) is 0 Å². The monoisotopic (exact) mass is 288 g/mol. The van der Waals surface area contributed by atoms with Crippen LogP contribution < -0.4 is 19.9 Å². The number of nitrogens with one attached hydrogen (secondary N) is 1. The molecule has 0 fully saturated rings. The van der Waals surface area contributed by atoms with Gasteiger partial charge < -0.3 is 15.2 Å². The Morgan fingerprint density at radius 1 is 1.16 bits per heavy atom. The van der Waals surface area contributed by atoms with Crippen molar-refractivity contribution < 1.29 is 17.9 Å². The van der Waals surface area contributed by atoms with Gasteiger partial charge >= 0.3 is 0 Å². The first-order valence-electron chi connectivity index (χ1n) is 5.66. The molecule has 19 heavy (non-hydrogen) atoms. The first-order valence-corrected chi connectivity index (χ1v) is 7.14. The molecule has 1 aromatic carbocycles. The van der Waals surface area contributed by atoms with Crippen LogP contribution in [0.4, 0.5) is 5.69 Å². The average Bonchev–Trinajstić information content (AvgIpc) is 2.24. The summed E-state index contributed by atoms with van der Waals surface area (Å²) in [4.78, 5) is 0.0394. The van der Waals surface area contributed by atoms with Crippen molar-refractivity contribution >= 4 is 15.7 Å². The van der Waals surface area contributed by atoms with Crippen molar-refractivity contribution in [3.8, 4) is 11.5 Å². The zero-order valence-electron chi connectivity index (χ0n) is 11.8. The van der Waals surface area contributed by atoms with E-state index in [1.54, 1.807) is 20.8 Å². The first kappa shape index (κ1) is 15.6. The molecular formula is C12H20N2O4S. The number of ether oxygens (including phenoxy) is 2. The molecule has 1 aromatic rings. The maximum absolute atomic E-state index is 12.2. The molecule has 0 aliphatic heterocycles. The predicted octanol–water partition coefficient (Wildman–Crippen LogP) is 1.36. The SMILES string of the molecule is COc1cc(S(=O)(=O)NC(C)(C)C)cc(N)c1OC. The lowest BCUT2D eigenvalue weighted by Crippen LogP contribution is -2.40. The van der Waals surface area contributed by atoms with Gasteiger partial charge in [0.1, 0.15) is 0 Å². The van der Waals surface area contributed by atoms with Gasteiger partial charge in [-0.3, -0.25) is 0 Å². The number of benzene rings is 1. The molecule has 0 spiro atoms. The van der Waals surface area contributed by atoms with E-state index < -0.39 is 15.6 Å². The molecule has 0 saturated heterocycles. The van der Waals surface area contributed by atoms with Gasteiger partial charge in [0.05, 0.1) is 24.8 Å². The van der Waals surface area contributed by atoms with Crippen LogP contribution in [0.1, 0.15) is 20.8 Å². The summed E-state index contributed by atoms with van der Waals surface area (Å²) in [5.74, 6) is 0.592. The molecule has 0 bridgehead atoms. The molecule has 6 nitrogen and oxygen atoms in total. The van der Waals surface area contributed by atoms with E-state index in [-0.39, 0.29) is 16.3 Å². The van der Waals surface area contributed by atoms with E-state index in [1.165, 1.54) is 26.4 Å². The highest BCUT2D eigenvalue weighted by Crippen LogP contribution is 2.36. The molecule has 0 aliphatic rings. The van der Waals surface area contributed by atoms with Crippen LogP contribution in [0.2, 0.25) is 0 Å². The van der Waals surface area contributed by atoms with E-state index in [4.69, 9.17) is 15.2 Å². The highest BCUT2D eigenvalue weighted by Gasteiger charge is 2.24. The fourth-order valence-corrected chi connectivity index (χ4v) is 3.05. The summed E-state index contributed by atoms with van der Waals surface area (Å²) in [7, 11) is -0.802. The second-order valence-corrected chi connectivity index (χ2v) is 6.79. The van der Waals surface area contributed by atoms with Crippen LogP contribution in [0.3, 0.4) is 0 Å². The van der Waals surface area contributed by atoms with Crippen LogP contribution in [-0.4, -0.2) is 28.2 Å². The minimum absolute atomic E-state index is 0.0394. The minimum atomic E-state index is -3.66. The first-order chi connectivity index (χ1) is 8.60. The number of rotatable bonds is 4. The molecule has 3 N–H and O–H groups in total. The zero-order chi connectivity index (χ0) is 14.8. The number of nitrogen functional groups attached to an aromatic ring is 1. The number of methoxy groups -OCH3 is 2. The van der Waals surface area contributed by atoms with Gasteiger partial charge in [-0.05, 0) is 26.8 Å². The fraction of sp³-hybridized carbons (Fsp3) is 0.500. The van der Waals surface area contributed by atoms with Crippen molar-refractivity contribution in [2.24, 2.45) is 0 Å². The molecule has 0 radical (unpaired) electrons. The van der Waals surface area contributed by atoms with E-state index >= 15 is 0 Å². The van der Waals surface area contributed by atoms with Crippen LogP contribution in [-0.2, 0) is 10.0 Å². The lowest BCUT2D eigenvalue weighted by molar-refractivity contribution is 0.355. The molecule has 7 heteroatoms. The minimum Gasteiger partial charge on any atom is -0.493 e. The van der Waals surface area contributed by atoms with Gasteiger partial charge in [-0.15, -0.1) is 0 Å². The number of hydrogen-bond acceptors (Lipinski definition) is 5. The van der Waals surface area contributed by atoms with Crippen LogP contribution in [0.5, 0.6) is 11.5 Å². The van der Waals surface area contributed by atoms with Gasteiger partial charge in [0.2, 0.25) is 10.0 Å². The van der Waals surface area contributed by atoms with Crippen molar-refractivity contribution in [2.75, 3.05) is 20.0 Å². The molecule has 1 rings (SSSR count). The van der Waals surface area contributed by atoms with Crippen LogP contribution in [0, 0.1) is 0 Å². The highest BCUT2D eigenvalue weighted by molar-refractivity contribution is 7.89. The van der Waals surface area contributed by atoms with Gasteiger partial charge in [0.15, 0.2) is 11.5 Å². The van der Waals surface area contributed by atoms with Gasteiger partial charge in [-0.2, -0.15) is 0 Å². The molecule has 0 aliphatic carbocycles. The van der Waals surface area contributed by atoms with Gasteiger partial charge in [0, 0.05) is 11.6 Å². The average molecular weight is 288 g/mol. The second kappa shape index (κ2) is 5.26. The third kappa shape index (κ3) is 3.74. The van der Waals surface area contributed by atoms with Crippen molar-refractivity contribution in [2.45, 2.75) is 31.2 Å². The molecule has 0 heterocycles. The fourth-order valence-electron chi connectivity index (χ4n) is 1.58. The number of nitrogens with two attached hydrogens (primary N) is 1. The Morgan fingerprint density at radius 2 is 1.74 bits per heavy atom. The normalized spacial score (nSPS) is 12.3. The molecule has 108 valence electrons. The Kier molecular flexibility index (Phi) is 4.32. The predicted molar refractivity (Wildman–Crippen MR) is 74.0 cm³/mol. The van der Waals surface area contributed by atoms with Crippen LogP contribution in [0.25, 0.3) is 0 Å². The summed E-state index contributed by atoms with van der Waals surface area (Å²) in [6.45, 7) is 5.28. The van der Waals surface area contributed by atoms with Crippen molar-refractivity contribution in [1.29, 1.82) is 0 Å². The summed E-state index contributed by atoms with van der Waals surface area (Å²) < 4.78 is 37.1. The van der Waals surface area contributed by atoms with E-state index in [0.717, 1.165) is 0 Å². The maximum Gasteiger partial charge on any atom is 0.241 e. The topological polar surface area (TPSA) is 90.7 Å². The standard InChI is InChI=1S/C12H20N2O4S/c1-12(2,3)14-19(15,16)8-6-9(13)11(18-5)10(7-8)17-4/h6-7,14H,13H2,1-5H3. The van der Waals surface area contributed by atoms with Crippen molar-refractivity contribution in [3.05, 3.63) is 12.1 Å². The Balaban J connectivity index is 3.33.